The number of carbonyl (C=O) groups is 1. The molecule has 1 aliphatic rings. The van der Waals surface area contributed by atoms with Gasteiger partial charge in [0.1, 0.15) is 5.75 Å². The summed E-state index contributed by atoms with van der Waals surface area (Å²) in [5.41, 5.74) is 2.29. The van der Waals surface area contributed by atoms with Crippen LogP contribution < -0.4 is 4.90 Å². The predicted octanol–water partition coefficient (Wildman–Crippen LogP) is 3.46. The van der Waals surface area contributed by atoms with Crippen LogP contribution in [0.15, 0.2) is 53.4 Å². The lowest BCUT2D eigenvalue weighted by molar-refractivity contribution is -0.116. The Morgan fingerprint density at radius 3 is 2.71 bits per heavy atom. The molecule has 21 heavy (non-hydrogen) atoms. The minimum atomic E-state index is 0.130. The molecule has 0 saturated heterocycles. The molecule has 0 aliphatic carbocycles. The number of nitrogens with zero attached hydrogens (tertiary/aromatic N) is 1. The molecule has 1 heterocycles. The van der Waals surface area contributed by atoms with Crippen LogP contribution in [0.25, 0.3) is 0 Å². The van der Waals surface area contributed by atoms with Gasteiger partial charge < -0.3 is 10.0 Å². The molecule has 4 heteroatoms. The molecular weight excluding hydrogens is 282 g/mol. The van der Waals surface area contributed by atoms with Crippen molar-refractivity contribution in [3.8, 4) is 5.75 Å². The fourth-order valence-electron chi connectivity index (χ4n) is 2.70. The van der Waals surface area contributed by atoms with Crippen molar-refractivity contribution in [2.75, 3.05) is 10.7 Å². The van der Waals surface area contributed by atoms with Crippen molar-refractivity contribution in [1.82, 2.24) is 0 Å². The van der Waals surface area contributed by atoms with E-state index in [1.165, 1.54) is 17.3 Å². The Balaban J connectivity index is 1.70. The van der Waals surface area contributed by atoms with Gasteiger partial charge in [-0.05, 0) is 49.2 Å². The average Bonchev–Trinajstić information content (AvgIpc) is 2.82. The average molecular weight is 299 g/mol. The van der Waals surface area contributed by atoms with E-state index in [2.05, 4.69) is 13.0 Å². The molecule has 0 saturated carbocycles. The number of hydrogen-bond donors (Lipinski definition) is 1. The lowest BCUT2D eigenvalue weighted by Crippen LogP contribution is -2.36. The molecule has 0 fully saturated rings. The fraction of sp³-hybridized carbons (Fsp3) is 0.235. The van der Waals surface area contributed by atoms with Gasteiger partial charge in [-0.25, -0.2) is 0 Å². The third-order valence-corrected chi connectivity index (χ3v) is 4.67. The molecule has 1 unspecified atom stereocenters. The number of benzene rings is 2. The summed E-state index contributed by atoms with van der Waals surface area (Å²) in [6.07, 6.45) is 0.922. The van der Waals surface area contributed by atoms with Crippen LogP contribution >= 0.6 is 11.8 Å². The van der Waals surface area contributed by atoms with Gasteiger partial charge in [-0.2, -0.15) is 0 Å². The van der Waals surface area contributed by atoms with Gasteiger partial charge in [-0.3, -0.25) is 4.79 Å². The number of phenolic OH excluding ortho intramolecular Hbond substituents is 1. The molecule has 3 rings (SSSR count). The van der Waals surface area contributed by atoms with Crippen LogP contribution in [-0.2, 0) is 11.2 Å². The van der Waals surface area contributed by atoms with Crippen LogP contribution in [0.4, 0.5) is 5.69 Å². The third-order valence-electron chi connectivity index (χ3n) is 3.67. The smallest absolute Gasteiger partial charge is 0.237 e. The van der Waals surface area contributed by atoms with Gasteiger partial charge in [0.25, 0.3) is 0 Å². The largest absolute Gasteiger partial charge is 0.508 e. The van der Waals surface area contributed by atoms with Crippen molar-refractivity contribution in [2.45, 2.75) is 24.3 Å². The van der Waals surface area contributed by atoms with E-state index in [0.717, 1.165) is 17.0 Å². The molecule has 1 N–H and O–H groups in total. The Bertz CT molecular complexity index is 654. The Hall–Kier alpha value is -1.94. The number of aromatic hydroxyl groups is 1. The first-order valence-electron chi connectivity index (χ1n) is 6.97. The zero-order chi connectivity index (χ0) is 14.8. The summed E-state index contributed by atoms with van der Waals surface area (Å²) in [6, 6.07) is 15.3. The molecule has 2 aromatic rings. The maximum absolute atomic E-state index is 12.5. The summed E-state index contributed by atoms with van der Waals surface area (Å²) in [5, 5.41) is 9.27. The van der Waals surface area contributed by atoms with E-state index in [-0.39, 0.29) is 17.7 Å². The van der Waals surface area contributed by atoms with Crippen molar-refractivity contribution >= 4 is 23.4 Å². The first-order chi connectivity index (χ1) is 10.1. The predicted molar refractivity (Wildman–Crippen MR) is 85.9 cm³/mol. The highest BCUT2D eigenvalue weighted by atomic mass is 32.2. The number of para-hydroxylation sites is 1. The zero-order valence-electron chi connectivity index (χ0n) is 11.8. The highest BCUT2D eigenvalue weighted by Crippen LogP contribution is 2.32. The Morgan fingerprint density at radius 2 is 1.95 bits per heavy atom. The number of phenols is 1. The van der Waals surface area contributed by atoms with Gasteiger partial charge in [0.15, 0.2) is 0 Å². The van der Waals surface area contributed by atoms with Crippen molar-refractivity contribution in [3.63, 3.8) is 0 Å². The maximum Gasteiger partial charge on any atom is 0.237 e. The van der Waals surface area contributed by atoms with E-state index in [9.17, 15) is 9.90 Å². The highest BCUT2D eigenvalue weighted by Gasteiger charge is 2.30. The van der Waals surface area contributed by atoms with E-state index >= 15 is 0 Å². The van der Waals surface area contributed by atoms with Crippen LogP contribution in [-0.4, -0.2) is 22.8 Å². The van der Waals surface area contributed by atoms with Gasteiger partial charge in [0, 0.05) is 16.6 Å². The summed E-state index contributed by atoms with van der Waals surface area (Å²) in [4.78, 5) is 15.4. The van der Waals surface area contributed by atoms with E-state index in [1.54, 1.807) is 12.1 Å². The van der Waals surface area contributed by atoms with Gasteiger partial charge >= 0.3 is 0 Å². The van der Waals surface area contributed by atoms with Gasteiger partial charge in [0.2, 0.25) is 5.91 Å². The minimum absolute atomic E-state index is 0.130. The van der Waals surface area contributed by atoms with E-state index < -0.39 is 0 Å². The summed E-state index contributed by atoms with van der Waals surface area (Å²) in [5.74, 6) is 0.780. The van der Waals surface area contributed by atoms with Crippen molar-refractivity contribution in [1.29, 1.82) is 0 Å². The van der Waals surface area contributed by atoms with Crippen molar-refractivity contribution in [2.24, 2.45) is 0 Å². The monoisotopic (exact) mass is 299 g/mol. The number of fused-ring (bicyclic) bond motifs is 1. The molecule has 108 valence electrons. The standard InChI is InChI=1S/C17H17NO2S/c1-12-10-13-4-2-3-5-16(13)18(12)17(20)11-21-15-8-6-14(19)7-9-15/h2-9,12,19H,10-11H2,1H3. The molecule has 0 spiro atoms. The van der Waals surface area contributed by atoms with Gasteiger partial charge in [-0.15, -0.1) is 11.8 Å². The first-order valence-corrected chi connectivity index (χ1v) is 7.95. The maximum atomic E-state index is 12.5. The Labute approximate surface area is 128 Å². The number of carbonyl (C=O) groups excluding carboxylic acids is 1. The molecule has 0 bridgehead atoms. The Morgan fingerprint density at radius 1 is 1.24 bits per heavy atom. The second-order valence-electron chi connectivity index (χ2n) is 5.23. The molecule has 2 aromatic carbocycles. The number of amides is 1. The number of rotatable bonds is 3. The van der Waals surface area contributed by atoms with Crippen LogP contribution in [0, 0.1) is 0 Å². The van der Waals surface area contributed by atoms with Crippen LogP contribution in [0.5, 0.6) is 5.75 Å². The zero-order valence-corrected chi connectivity index (χ0v) is 12.6. The normalized spacial score (nSPS) is 16.8. The second kappa shape index (κ2) is 5.82. The topological polar surface area (TPSA) is 40.5 Å². The molecule has 1 amide bonds. The molecular formula is C17H17NO2S. The number of thioether (sulfide) groups is 1. The molecule has 1 aliphatic heterocycles. The SMILES string of the molecule is CC1Cc2ccccc2N1C(=O)CSc1ccc(O)cc1. The van der Waals surface area contributed by atoms with Crippen LogP contribution in [0.3, 0.4) is 0 Å². The lowest BCUT2D eigenvalue weighted by Gasteiger charge is -2.22. The summed E-state index contributed by atoms with van der Waals surface area (Å²) in [7, 11) is 0. The Kier molecular flexibility index (Phi) is 3.88. The molecule has 0 radical (unpaired) electrons. The van der Waals surface area contributed by atoms with E-state index in [4.69, 9.17) is 0 Å². The van der Waals surface area contributed by atoms with E-state index in [1.807, 2.05) is 35.2 Å². The minimum Gasteiger partial charge on any atom is -0.508 e. The number of hydrogen-bond acceptors (Lipinski definition) is 3. The summed E-state index contributed by atoms with van der Waals surface area (Å²) < 4.78 is 0. The number of anilines is 1. The van der Waals surface area contributed by atoms with Crippen molar-refractivity contribution in [3.05, 3.63) is 54.1 Å². The summed E-state index contributed by atoms with van der Waals surface area (Å²) in [6.45, 7) is 2.09. The highest BCUT2D eigenvalue weighted by molar-refractivity contribution is 8.00. The molecule has 1 atom stereocenters. The molecule has 0 aromatic heterocycles. The molecule has 3 nitrogen and oxygen atoms in total. The lowest BCUT2D eigenvalue weighted by atomic mass is 10.1. The quantitative estimate of drug-likeness (QED) is 0.882. The van der Waals surface area contributed by atoms with Crippen LogP contribution in [0.1, 0.15) is 12.5 Å². The third kappa shape index (κ3) is 2.90. The van der Waals surface area contributed by atoms with Crippen LogP contribution in [0.2, 0.25) is 0 Å². The van der Waals surface area contributed by atoms with Crippen molar-refractivity contribution < 1.29 is 9.90 Å². The van der Waals surface area contributed by atoms with Gasteiger partial charge in [0.05, 0.1) is 5.75 Å². The van der Waals surface area contributed by atoms with E-state index in [0.29, 0.717) is 5.75 Å². The summed E-state index contributed by atoms with van der Waals surface area (Å²) >= 11 is 1.50. The second-order valence-corrected chi connectivity index (χ2v) is 6.28. The van der Waals surface area contributed by atoms with Gasteiger partial charge in [-0.1, -0.05) is 18.2 Å². The first kappa shape index (κ1) is 14.0. The fourth-order valence-corrected chi connectivity index (χ4v) is 3.46.